The van der Waals surface area contributed by atoms with Gasteiger partial charge in [0.2, 0.25) is 0 Å². The van der Waals surface area contributed by atoms with E-state index in [1.165, 1.54) is 7.11 Å². The molecule has 8 nitrogen and oxygen atoms in total. The Labute approximate surface area is 229 Å². The molecule has 5 rings (SSSR count). The number of benzene rings is 3. The maximum Gasteiger partial charge on any atom is 0.264 e. The Morgan fingerprint density at radius 3 is 1.72 bits per heavy atom. The minimum Gasteiger partial charge on any atom is -0.358 e. The summed E-state index contributed by atoms with van der Waals surface area (Å²) in [5.41, 5.74) is 1.56. The summed E-state index contributed by atoms with van der Waals surface area (Å²) in [6.07, 6.45) is -2.82. The van der Waals surface area contributed by atoms with Crippen LogP contribution in [0.5, 0.6) is 0 Å². The molecule has 3 aromatic carbocycles. The molecule has 0 aliphatic carbocycles. The molecular weight excluding hydrogens is 520 g/mol. The van der Waals surface area contributed by atoms with Crippen LogP contribution >= 0.6 is 0 Å². The molecule has 0 bridgehead atoms. The summed E-state index contributed by atoms with van der Waals surface area (Å²) < 4.78 is 61.2. The van der Waals surface area contributed by atoms with Gasteiger partial charge in [0, 0.05) is 7.11 Å². The molecule has 0 amide bonds. The van der Waals surface area contributed by atoms with Crippen molar-refractivity contribution in [2.75, 3.05) is 20.0 Å². The third-order valence-corrected chi connectivity index (χ3v) is 7.55. The fourth-order valence-corrected chi connectivity index (χ4v) is 6.07. The van der Waals surface area contributed by atoms with Crippen molar-refractivity contribution in [1.29, 1.82) is 0 Å². The quantitative estimate of drug-likeness (QED) is 0.272. The molecule has 0 N–H and O–H groups in total. The molecule has 3 aromatic rings. The van der Waals surface area contributed by atoms with E-state index in [4.69, 9.17) is 27.9 Å². The van der Waals surface area contributed by atoms with Crippen molar-refractivity contribution < 1.29 is 36.3 Å². The Kier molecular flexibility index (Phi) is 7.94. The van der Waals surface area contributed by atoms with Gasteiger partial charge in [0.05, 0.1) is 12.9 Å². The van der Waals surface area contributed by atoms with Crippen LogP contribution in [0.3, 0.4) is 0 Å². The Morgan fingerprint density at radius 1 is 0.821 bits per heavy atom. The second-order valence-electron chi connectivity index (χ2n) is 10.2. The van der Waals surface area contributed by atoms with E-state index in [9.17, 15) is 8.42 Å². The van der Waals surface area contributed by atoms with Crippen molar-refractivity contribution in [2.24, 2.45) is 0 Å². The van der Waals surface area contributed by atoms with Crippen LogP contribution in [0, 0.1) is 0 Å². The van der Waals surface area contributed by atoms with E-state index in [2.05, 4.69) is 0 Å². The highest BCUT2D eigenvalue weighted by molar-refractivity contribution is 7.86. The minimum absolute atomic E-state index is 0.139. The molecule has 5 atom stereocenters. The van der Waals surface area contributed by atoms with Gasteiger partial charge in [-0.05, 0) is 30.5 Å². The zero-order chi connectivity index (χ0) is 27.7. The van der Waals surface area contributed by atoms with Crippen molar-refractivity contribution >= 4 is 10.1 Å². The van der Waals surface area contributed by atoms with Crippen molar-refractivity contribution in [3.63, 3.8) is 0 Å². The number of hydrogen-bond donors (Lipinski definition) is 0. The first-order valence-corrected chi connectivity index (χ1v) is 14.7. The van der Waals surface area contributed by atoms with E-state index in [1.807, 2.05) is 91.0 Å². The molecular formula is C30H34O8S. The molecule has 9 heteroatoms. The van der Waals surface area contributed by atoms with Crippen molar-refractivity contribution in [2.45, 2.75) is 55.9 Å². The van der Waals surface area contributed by atoms with Gasteiger partial charge in [-0.15, -0.1) is 0 Å². The fourth-order valence-electron chi connectivity index (χ4n) is 5.46. The van der Waals surface area contributed by atoms with Crippen molar-refractivity contribution in [1.82, 2.24) is 0 Å². The lowest BCUT2D eigenvalue weighted by molar-refractivity contribution is -0.238. The lowest BCUT2D eigenvalue weighted by Crippen LogP contribution is -2.46. The summed E-state index contributed by atoms with van der Waals surface area (Å²) in [5, 5.41) is 0. The number of ether oxygens (including phenoxy) is 5. The first-order valence-electron chi connectivity index (χ1n) is 12.9. The van der Waals surface area contributed by atoms with E-state index in [1.54, 1.807) is 13.8 Å². The zero-order valence-corrected chi connectivity index (χ0v) is 23.2. The van der Waals surface area contributed by atoms with Gasteiger partial charge < -0.3 is 23.7 Å². The molecule has 0 saturated carbocycles. The summed E-state index contributed by atoms with van der Waals surface area (Å²) in [5.74, 6) is -0.896. The Balaban J connectivity index is 1.57. The van der Waals surface area contributed by atoms with Gasteiger partial charge in [-0.2, -0.15) is 8.42 Å². The second-order valence-corrected chi connectivity index (χ2v) is 11.8. The smallest absolute Gasteiger partial charge is 0.264 e. The number of fused-ring (bicyclic) bond motifs is 1. The van der Waals surface area contributed by atoms with Crippen LogP contribution < -0.4 is 0 Å². The van der Waals surface area contributed by atoms with Gasteiger partial charge in [-0.3, -0.25) is 4.18 Å². The van der Waals surface area contributed by atoms with Crippen LogP contribution in [0.15, 0.2) is 91.0 Å². The van der Waals surface area contributed by atoms with E-state index in [0.717, 1.165) is 22.9 Å². The van der Waals surface area contributed by atoms with Crippen LogP contribution in [0.4, 0.5) is 0 Å². The Bertz CT molecular complexity index is 1230. The average molecular weight is 555 g/mol. The fraction of sp³-hybridized carbons (Fsp3) is 0.400. The molecule has 2 aliphatic rings. The molecule has 2 saturated heterocycles. The van der Waals surface area contributed by atoms with E-state index in [-0.39, 0.29) is 6.61 Å². The summed E-state index contributed by atoms with van der Waals surface area (Å²) >= 11 is 0. The second kappa shape index (κ2) is 11.1. The van der Waals surface area contributed by atoms with Crippen LogP contribution in [0.2, 0.25) is 0 Å². The van der Waals surface area contributed by atoms with Crippen LogP contribution in [0.25, 0.3) is 0 Å². The molecule has 0 aromatic heterocycles. The predicted molar refractivity (Wildman–Crippen MR) is 144 cm³/mol. The number of methoxy groups -OCH3 is 1. The van der Waals surface area contributed by atoms with Crippen molar-refractivity contribution in [3.8, 4) is 0 Å². The molecule has 39 heavy (non-hydrogen) atoms. The molecule has 0 unspecified atom stereocenters. The summed E-state index contributed by atoms with van der Waals surface area (Å²) in [6.45, 7) is 3.45. The van der Waals surface area contributed by atoms with Gasteiger partial charge in [0.1, 0.15) is 30.0 Å². The number of rotatable bonds is 10. The highest BCUT2D eigenvalue weighted by Gasteiger charge is 2.58. The maximum atomic E-state index is 12.5. The normalized spacial score (nSPS) is 25.3. The summed E-state index contributed by atoms with van der Waals surface area (Å²) in [7, 11) is -2.39. The highest BCUT2D eigenvalue weighted by atomic mass is 32.2. The maximum absolute atomic E-state index is 12.5. The van der Waals surface area contributed by atoms with E-state index >= 15 is 0 Å². The first-order chi connectivity index (χ1) is 18.6. The molecule has 208 valence electrons. The lowest BCUT2D eigenvalue weighted by atomic mass is 9.80. The van der Waals surface area contributed by atoms with Gasteiger partial charge in [-0.25, -0.2) is 0 Å². The van der Waals surface area contributed by atoms with Crippen molar-refractivity contribution in [3.05, 3.63) is 108 Å². The standard InChI is InChI=1S/C30H34O8S/c1-29(2)36-26-25(35-28(33-3)27(26)37-29)24(38-39(4,31)32)20-34-30(21-14-8-5-9-15-21,22-16-10-6-11-17-22)23-18-12-7-13-19-23/h5-19,24-28H,20H2,1-4H3/t24-,25-,26+,27+,28+/m1/s1. The number of hydrogen-bond acceptors (Lipinski definition) is 8. The third kappa shape index (κ3) is 5.81. The minimum atomic E-state index is -3.90. The molecule has 0 spiro atoms. The largest absolute Gasteiger partial charge is 0.358 e. The van der Waals surface area contributed by atoms with Crippen LogP contribution in [-0.4, -0.2) is 64.9 Å². The first kappa shape index (κ1) is 27.9. The lowest BCUT2D eigenvalue weighted by Gasteiger charge is -2.38. The molecule has 2 fully saturated rings. The summed E-state index contributed by atoms with van der Waals surface area (Å²) in [6, 6.07) is 29.5. The Morgan fingerprint density at radius 2 is 1.28 bits per heavy atom. The third-order valence-electron chi connectivity index (χ3n) is 6.95. The zero-order valence-electron chi connectivity index (χ0n) is 22.4. The molecule has 2 aliphatic heterocycles. The highest BCUT2D eigenvalue weighted by Crippen LogP contribution is 2.43. The average Bonchev–Trinajstić information content (AvgIpc) is 3.42. The van der Waals surface area contributed by atoms with Gasteiger partial charge in [0.25, 0.3) is 10.1 Å². The molecule has 0 radical (unpaired) electrons. The van der Waals surface area contributed by atoms with Gasteiger partial charge in [-0.1, -0.05) is 91.0 Å². The van der Waals surface area contributed by atoms with Crippen LogP contribution in [0.1, 0.15) is 30.5 Å². The van der Waals surface area contributed by atoms with Crippen LogP contribution in [-0.2, 0) is 43.6 Å². The van der Waals surface area contributed by atoms with Gasteiger partial charge in [0.15, 0.2) is 12.1 Å². The van der Waals surface area contributed by atoms with E-state index < -0.39 is 52.2 Å². The molecule has 2 heterocycles. The SMILES string of the molecule is CO[C@H]1O[C@H]([C@@H](COC(c2ccccc2)(c2ccccc2)c2ccccc2)OS(C)(=O)=O)[C@@H]2OC(C)(C)O[C@H]12. The monoisotopic (exact) mass is 554 g/mol. The Hall–Kier alpha value is -2.63. The predicted octanol–water partition coefficient (Wildman–Crippen LogP) is 4.23. The van der Waals surface area contributed by atoms with Gasteiger partial charge >= 0.3 is 0 Å². The summed E-state index contributed by atoms with van der Waals surface area (Å²) in [4.78, 5) is 0. The topological polar surface area (TPSA) is 89.5 Å². The van der Waals surface area contributed by atoms with E-state index in [0.29, 0.717) is 0 Å².